The average Bonchev–Trinajstić information content (AvgIpc) is 2.59. The molecule has 0 unspecified atom stereocenters. The summed E-state index contributed by atoms with van der Waals surface area (Å²) in [5.41, 5.74) is 1.26. The lowest BCUT2D eigenvalue weighted by Gasteiger charge is -2.34. The molecule has 1 aromatic rings. The van der Waals surface area contributed by atoms with E-state index < -0.39 is 0 Å². The number of likely N-dealkylation sites (N-methyl/N-ethyl adjacent to an activating group) is 1. The third-order valence-electron chi connectivity index (χ3n) is 4.30. The van der Waals surface area contributed by atoms with Gasteiger partial charge in [0.15, 0.2) is 0 Å². The van der Waals surface area contributed by atoms with Crippen LogP contribution in [0.5, 0.6) is 0 Å². The maximum Gasteiger partial charge on any atom is 0.265 e. The minimum Gasteiger partial charge on any atom is -0.386 e. The fourth-order valence-corrected chi connectivity index (χ4v) is 2.75. The van der Waals surface area contributed by atoms with Crippen molar-refractivity contribution in [3.8, 4) is 6.07 Å². The summed E-state index contributed by atoms with van der Waals surface area (Å²) in [6, 6.07) is 12.1. The first-order chi connectivity index (χ1) is 11.1. The molecule has 5 heteroatoms. The molecule has 23 heavy (non-hydrogen) atoms. The molecule has 1 saturated heterocycles. The molecule has 1 aliphatic rings. The number of rotatable bonds is 5. The summed E-state index contributed by atoms with van der Waals surface area (Å²) in [6.45, 7) is 2.57. The number of carbonyl (C=O) groups excluding carboxylic acids is 1. The van der Waals surface area contributed by atoms with Crippen molar-refractivity contribution in [3.63, 3.8) is 0 Å². The van der Waals surface area contributed by atoms with Crippen LogP contribution in [0.2, 0.25) is 0 Å². The Morgan fingerprint density at radius 2 is 2.04 bits per heavy atom. The van der Waals surface area contributed by atoms with Crippen molar-refractivity contribution < 1.29 is 4.79 Å². The summed E-state index contributed by atoms with van der Waals surface area (Å²) in [4.78, 5) is 16.5. The summed E-state index contributed by atoms with van der Waals surface area (Å²) in [5.74, 6) is -0.206. The molecule has 1 aliphatic heterocycles. The molecule has 0 bridgehead atoms. The molecule has 1 N–H and O–H groups in total. The van der Waals surface area contributed by atoms with E-state index >= 15 is 0 Å². The second-order valence-electron chi connectivity index (χ2n) is 5.99. The van der Waals surface area contributed by atoms with E-state index in [1.54, 1.807) is 11.9 Å². The van der Waals surface area contributed by atoms with Gasteiger partial charge in [0, 0.05) is 25.8 Å². The largest absolute Gasteiger partial charge is 0.386 e. The van der Waals surface area contributed by atoms with Crippen molar-refractivity contribution in [2.24, 2.45) is 0 Å². The zero-order valence-corrected chi connectivity index (χ0v) is 13.8. The second-order valence-corrected chi connectivity index (χ2v) is 5.99. The van der Waals surface area contributed by atoms with Crippen molar-refractivity contribution in [1.29, 1.82) is 5.26 Å². The van der Waals surface area contributed by atoms with Gasteiger partial charge >= 0.3 is 0 Å². The fraction of sp³-hybridized carbons (Fsp3) is 0.444. The van der Waals surface area contributed by atoms with Crippen LogP contribution in [-0.4, -0.2) is 48.9 Å². The van der Waals surface area contributed by atoms with Gasteiger partial charge in [-0.1, -0.05) is 30.3 Å². The Morgan fingerprint density at radius 1 is 1.39 bits per heavy atom. The number of hydrogen-bond acceptors (Lipinski definition) is 4. The van der Waals surface area contributed by atoms with Gasteiger partial charge < -0.3 is 15.1 Å². The van der Waals surface area contributed by atoms with Crippen LogP contribution in [-0.2, 0) is 11.3 Å². The Kier molecular flexibility index (Phi) is 6.19. The number of hydrogen-bond donors (Lipinski definition) is 1. The van der Waals surface area contributed by atoms with Gasteiger partial charge in [-0.2, -0.15) is 5.26 Å². The highest BCUT2D eigenvalue weighted by Gasteiger charge is 2.25. The highest BCUT2D eigenvalue weighted by molar-refractivity contribution is 5.97. The molecule has 2 rings (SSSR count). The third-order valence-corrected chi connectivity index (χ3v) is 4.30. The normalized spacial score (nSPS) is 16.7. The number of benzene rings is 1. The molecule has 1 amide bonds. The topological polar surface area (TPSA) is 59.4 Å². The molecule has 0 radical (unpaired) electrons. The SMILES string of the molecule is CN1CCC(N(C)C(=O)/C(C#N)=C\NCc2ccccc2)CC1. The molecule has 1 heterocycles. The van der Waals surface area contributed by atoms with Crippen LogP contribution in [0.25, 0.3) is 0 Å². The van der Waals surface area contributed by atoms with Crippen LogP contribution in [0.15, 0.2) is 42.1 Å². The van der Waals surface area contributed by atoms with Crippen LogP contribution < -0.4 is 5.32 Å². The standard InChI is InChI=1S/C18H24N4O/c1-21-10-8-17(9-11-21)22(2)18(23)16(12-19)14-20-13-15-6-4-3-5-7-15/h3-7,14,17,20H,8-11,13H2,1-2H3/b16-14-. The molecular weight excluding hydrogens is 288 g/mol. The highest BCUT2D eigenvalue weighted by atomic mass is 16.2. The Bertz CT molecular complexity index is 583. The predicted molar refractivity (Wildman–Crippen MR) is 90.3 cm³/mol. The molecule has 0 spiro atoms. The van der Waals surface area contributed by atoms with Gasteiger partial charge in [0.2, 0.25) is 0 Å². The first-order valence-electron chi connectivity index (χ1n) is 7.95. The Morgan fingerprint density at radius 3 is 2.65 bits per heavy atom. The predicted octanol–water partition coefficient (Wildman–Crippen LogP) is 1.74. The second kappa shape index (κ2) is 8.35. The molecule has 122 valence electrons. The number of likely N-dealkylation sites (tertiary alicyclic amines) is 1. The van der Waals surface area contributed by atoms with Gasteiger partial charge in [-0.05, 0) is 38.5 Å². The lowest BCUT2D eigenvalue weighted by molar-refractivity contribution is -0.128. The van der Waals surface area contributed by atoms with Gasteiger partial charge in [0.05, 0.1) is 0 Å². The van der Waals surface area contributed by atoms with E-state index in [1.807, 2.05) is 36.4 Å². The molecule has 0 aromatic heterocycles. The van der Waals surface area contributed by atoms with Crippen molar-refractivity contribution in [3.05, 3.63) is 47.7 Å². The minimum absolute atomic E-state index is 0.155. The number of amides is 1. The van der Waals surface area contributed by atoms with Crippen LogP contribution in [0.1, 0.15) is 18.4 Å². The van der Waals surface area contributed by atoms with E-state index in [0.29, 0.717) is 6.54 Å². The molecule has 0 saturated carbocycles. The summed E-state index contributed by atoms with van der Waals surface area (Å²) < 4.78 is 0. The van der Waals surface area contributed by atoms with Crippen LogP contribution in [0, 0.1) is 11.3 Å². The minimum atomic E-state index is -0.206. The Labute approximate surface area is 138 Å². The molecule has 0 aliphatic carbocycles. The lowest BCUT2D eigenvalue weighted by atomic mass is 10.0. The molecule has 0 atom stereocenters. The van der Waals surface area contributed by atoms with Crippen LogP contribution in [0.3, 0.4) is 0 Å². The van der Waals surface area contributed by atoms with E-state index in [9.17, 15) is 10.1 Å². The smallest absolute Gasteiger partial charge is 0.265 e. The van der Waals surface area contributed by atoms with E-state index in [-0.39, 0.29) is 17.5 Å². The van der Waals surface area contributed by atoms with Crippen molar-refractivity contribution in [2.45, 2.75) is 25.4 Å². The zero-order valence-electron chi connectivity index (χ0n) is 13.8. The maximum atomic E-state index is 12.5. The number of nitrogens with zero attached hydrogens (tertiary/aromatic N) is 3. The maximum absolute atomic E-state index is 12.5. The fourth-order valence-electron chi connectivity index (χ4n) is 2.75. The third kappa shape index (κ3) is 4.83. The number of nitrogens with one attached hydrogen (secondary N) is 1. The summed E-state index contributed by atoms with van der Waals surface area (Å²) in [6.07, 6.45) is 3.44. The van der Waals surface area contributed by atoms with Gasteiger partial charge in [-0.15, -0.1) is 0 Å². The van der Waals surface area contributed by atoms with E-state index in [4.69, 9.17) is 0 Å². The van der Waals surface area contributed by atoms with Gasteiger partial charge in [0.25, 0.3) is 5.91 Å². The average molecular weight is 312 g/mol. The van der Waals surface area contributed by atoms with E-state index in [2.05, 4.69) is 17.3 Å². The molecule has 5 nitrogen and oxygen atoms in total. The Balaban J connectivity index is 1.92. The number of piperidine rings is 1. The number of carbonyl (C=O) groups is 1. The zero-order chi connectivity index (χ0) is 16.7. The van der Waals surface area contributed by atoms with Crippen LogP contribution >= 0.6 is 0 Å². The van der Waals surface area contributed by atoms with Gasteiger partial charge in [-0.25, -0.2) is 0 Å². The summed E-state index contributed by atoms with van der Waals surface area (Å²) >= 11 is 0. The van der Waals surface area contributed by atoms with Gasteiger partial charge in [-0.3, -0.25) is 4.79 Å². The first-order valence-corrected chi connectivity index (χ1v) is 7.95. The lowest BCUT2D eigenvalue weighted by Crippen LogP contribution is -2.45. The van der Waals surface area contributed by atoms with E-state index in [0.717, 1.165) is 31.5 Å². The molecule has 1 aromatic carbocycles. The van der Waals surface area contributed by atoms with Crippen molar-refractivity contribution in [1.82, 2.24) is 15.1 Å². The highest BCUT2D eigenvalue weighted by Crippen LogP contribution is 2.16. The van der Waals surface area contributed by atoms with E-state index in [1.165, 1.54) is 6.20 Å². The van der Waals surface area contributed by atoms with Crippen molar-refractivity contribution in [2.75, 3.05) is 27.2 Å². The number of nitriles is 1. The molecular formula is C18H24N4O. The van der Waals surface area contributed by atoms with Gasteiger partial charge in [0.1, 0.15) is 11.6 Å². The van der Waals surface area contributed by atoms with Crippen LogP contribution in [0.4, 0.5) is 0 Å². The monoisotopic (exact) mass is 312 g/mol. The first kappa shape index (κ1) is 17.0. The van der Waals surface area contributed by atoms with Crippen molar-refractivity contribution >= 4 is 5.91 Å². The molecule has 1 fully saturated rings. The Hall–Kier alpha value is -2.32. The summed E-state index contributed by atoms with van der Waals surface area (Å²) in [7, 11) is 3.88. The summed E-state index contributed by atoms with van der Waals surface area (Å²) in [5, 5.41) is 12.3. The quantitative estimate of drug-likeness (QED) is 0.664.